The number of imidazole rings is 1. The number of alkyl halides is 3. The maximum atomic E-state index is 11.9. The molecule has 0 saturated carbocycles. The van der Waals surface area contributed by atoms with Crippen LogP contribution in [0.25, 0.3) is 0 Å². The highest BCUT2D eigenvalue weighted by molar-refractivity contribution is 7.87. The molecule has 0 aromatic carbocycles. The highest BCUT2D eigenvalue weighted by Gasteiger charge is 2.49. The lowest BCUT2D eigenvalue weighted by Gasteiger charge is -2.10. The van der Waals surface area contributed by atoms with Crippen molar-refractivity contribution in [2.45, 2.75) is 18.9 Å². The second-order valence-corrected chi connectivity index (χ2v) is 4.02. The van der Waals surface area contributed by atoms with Crippen LogP contribution in [0.2, 0.25) is 0 Å². The molecule has 0 aliphatic heterocycles. The van der Waals surface area contributed by atoms with Crippen molar-refractivity contribution in [2.75, 3.05) is 0 Å². The number of halogens is 3. The van der Waals surface area contributed by atoms with E-state index in [1.165, 1.54) is 0 Å². The van der Waals surface area contributed by atoms with Gasteiger partial charge in [-0.1, -0.05) is 6.92 Å². The summed E-state index contributed by atoms with van der Waals surface area (Å²) >= 11 is 0. The Morgan fingerprint density at radius 3 is 2.60 bits per heavy atom. The SMILES string of the molecule is CCc1nccn1OS(=O)(=O)C(F)(F)F. The van der Waals surface area contributed by atoms with E-state index >= 15 is 0 Å². The molecule has 0 unspecified atom stereocenters. The summed E-state index contributed by atoms with van der Waals surface area (Å²) in [6.07, 6.45) is 2.38. The van der Waals surface area contributed by atoms with Gasteiger partial charge in [0, 0.05) is 12.6 Å². The average molecular weight is 244 g/mol. The van der Waals surface area contributed by atoms with Crippen LogP contribution in [0, 0.1) is 0 Å². The second-order valence-electron chi connectivity index (χ2n) is 2.50. The van der Waals surface area contributed by atoms with Gasteiger partial charge in [0.1, 0.15) is 5.82 Å². The first-order valence-corrected chi connectivity index (χ1v) is 5.22. The van der Waals surface area contributed by atoms with E-state index in [-0.39, 0.29) is 12.2 Å². The van der Waals surface area contributed by atoms with Gasteiger partial charge in [0.2, 0.25) is 0 Å². The van der Waals surface area contributed by atoms with Gasteiger partial charge in [0.05, 0.1) is 6.20 Å². The third-order valence-electron chi connectivity index (χ3n) is 1.46. The summed E-state index contributed by atoms with van der Waals surface area (Å²) in [5, 5.41) is 0. The molecule has 0 aliphatic rings. The normalized spacial score (nSPS) is 12.8. The van der Waals surface area contributed by atoms with E-state index in [2.05, 4.69) is 9.27 Å². The lowest BCUT2D eigenvalue weighted by molar-refractivity contribution is -0.0548. The van der Waals surface area contributed by atoms with E-state index < -0.39 is 15.6 Å². The smallest absolute Gasteiger partial charge is 0.280 e. The van der Waals surface area contributed by atoms with E-state index in [1.807, 2.05) is 0 Å². The van der Waals surface area contributed by atoms with Crippen LogP contribution in [-0.4, -0.2) is 23.6 Å². The van der Waals surface area contributed by atoms with Crippen molar-refractivity contribution in [1.29, 1.82) is 0 Å². The molecular weight excluding hydrogens is 237 g/mol. The highest BCUT2D eigenvalue weighted by atomic mass is 32.2. The molecule has 0 spiro atoms. The molecule has 0 saturated heterocycles. The molecule has 0 radical (unpaired) electrons. The van der Waals surface area contributed by atoms with E-state index in [9.17, 15) is 21.6 Å². The van der Waals surface area contributed by atoms with Crippen LogP contribution in [0.15, 0.2) is 12.4 Å². The Morgan fingerprint density at radius 2 is 2.13 bits per heavy atom. The number of nitrogens with zero attached hydrogens (tertiary/aromatic N) is 2. The second kappa shape index (κ2) is 3.72. The number of rotatable bonds is 3. The Kier molecular flexibility index (Phi) is 2.93. The number of aromatic nitrogens is 2. The molecule has 1 rings (SSSR count). The maximum Gasteiger partial charge on any atom is 0.536 e. The first-order valence-electron chi connectivity index (χ1n) is 3.81. The van der Waals surface area contributed by atoms with Crippen LogP contribution in [0.1, 0.15) is 12.7 Å². The zero-order valence-corrected chi connectivity index (χ0v) is 8.34. The summed E-state index contributed by atoms with van der Waals surface area (Å²) in [5.74, 6) is 0.0859. The molecule has 0 N–H and O–H groups in total. The molecule has 15 heavy (non-hydrogen) atoms. The molecule has 0 amide bonds. The third kappa shape index (κ3) is 2.41. The molecule has 1 aromatic rings. The van der Waals surface area contributed by atoms with E-state index in [1.54, 1.807) is 6.92 Å². The van der Waals surface area contributed by atoms with Gasteiger partial charge in [0.25, 0.3) is 0 Å². The van der Waals surface area contributed by atoms with Gasteiger partial charge in [-0.05, 0) is 0 Å². The van der Waals surface area contributed by atoms with Crippen LogP contribution in [0.3, 0.4) is 0 Å². The van der Waals surface area contributed by atoms with Gasteiger partial charge in [-0.3, -0.25) is 4.28 Å². The molecule has 1 heterocycles. The van der Waals surface area contributed by atoms with Gasteiger partial charge in [0.15, 0.2) is 0 Å². The first-order chi connectivity index (χ1) is 6.78. The largest absolute Gasteiger partial charge is 0.536 e. The standard InChI is InChI=1S/C6H7F3N2O3S/c1-2-5-10-3-4-11(5)14-15(12,13)6(7,8)9/h3-4H,2H2,1H3. The summed E-state index contributed by atoms with van der Waals surface area (Å²) in [4.78, 5) is 3.61. The zero-order valence-electron chi connectivity index (χ0n) is 7.52. The van der Waals surface area contributed by atoms with Crippen molar-refractivity contribution in [3.63, 3.8) is 0 Å². The van der Waals surface area contributed by atoms with Gasteiger partial charge < -0.3 is 0 Å². The predicted molar refractivity (Wildman–Crippen MR) is 43.2 cm³/mol. The van der Waals surface area contributed by atoms with E-state index in [4.69, 9.17) is 0 Å². The molecule has 5 nitrogen and oxygen atoms in total. The highest BCUT2D eigenvalue weighted by Crippen LogP contribution is 2.22. The van der Waals surface area contributed by atoms with Gasteiger partial charge in [-0.15, -0.1) is 0 Å². The summed E-state index contributed by atoms with van der Waals surface area (Å²) in [6.45, 7) is 1.60. The van der Waals surface area contributed by atoms with Crippen molar-refractivity contribution in [1.82, 2.24) is 9.71 Å². The number of hydrogen-bond donors (Lipinski definition) is 0. The van der Waals surface area contributed by atoms with Crippen LogP contribution in [0.5, 0.6) is 0 Å². The predicted octanol–water partition coefficient (Wildman–Crippen LogP) is 0.724. The number of aryl methyl sites for hydroxylation is 1. The van der Waals surface area contributed by atoms with Crippen LogP contribution in [-0.2, 0) is 16.5 Å². The van der Waals surface area contributed by atoms with Crippen LogP contribution >= 0.6 is 0 Å². The molecule has 0 aliphatic carbocycles. The molecule has 1 aromatic heterocycles. The fraction of sp³-hybridized carbons (Fsp3) is 0.500. The Labute approximate surface area is 83.6 Å². The zero-order chi connectivity index (χ0) is 11.7. The minimum Gasteiger partial charge on any atom is -0.280 e. The Bertz CT molecular complexity index is 437. The minimum absolute atomic E-state index is 0.0859. The maximum absolute atomic E-state index is 11.9. The number of hydrogen-bond acceptors (Lipinski definition) is 4. The van der Waals surface area contributed by atoms with Gasteiger partial charge in [-0.2, -0.15) is 26.3 Å². The summed E-state index contributed by atoms with van der Waals surface area (Å²) in [7, 11) is -5.63. The fourth-order valence-corrected chi connectivity index (χ4v) is 1.22. The van der Waals surface area contributed by atoms with Crippen molar-refractivity contribution in [3.8, 4) is 0 Å². The molecule has 0 fully saturated rings. The van der Waals surface area contributed by atoms with Crippen molar-refractivity contribution >= 4 is 10.1 Å². The lowest BCUT2D eigenvalue weighted by atomic mass is 10.5. The summed E-state index contributed by atoms with van der Waals surface area (Å²) in [6, 6.07) is 0. The van der Waals surface area contributed by atoms with Crippen LogP contribution in [0.4, 0.5) is 13.2 Å². The third-order valence-corrected chi connectivity index (χ3v) is 2.38. The molecular formula is C6H7F3N2O3S. The summed E-state index contributed by atoms with van der Waals surface area (Å²) in [5.41, 5.74) is -5.44. The molecule has 86 valence electrons. The van der Waals surface area contributed by atoms with E-state index in [0.29, 0.717) is 4.73 Å². The van der Waals surface area contributed by atoms with Gasteiger partial charge in [-0.25, -0.2) is 4.98 Å². The van der Waals surface area contributed by atoms with Crippen LogP contribution < -0.4 is 4.28 Å². The lowest BCUT2D eigenvalue weighted by Crippen LogP contribution is -2.33. The van der Waals surface area contributed by atoms with Crippen molar-refractivity contribution in [2.24, 2.45) is 0 Å². The minimum atomic E-state index is -5.63. The molecule has 9 heteroatoms. The van der Waals surface area contributed by atoms with E-state index in [0.717, 1.165) is 12.4 Å². The quantitative estimate of drug-likeness (QED) is 0.735. The Hall–Kier alpha value is -1.25. The molecule has 0 bridgehead atoms. The molecule has 0 atom stereocenters. The monoisotopic (exact) mass is 244 g/mol. The van der Waals surface area contributed by atoms with Crippen molar-refractivity contribution < 1.29 is 25.9 Å². The van der Waals surface area contributed by atoms with Crippen molar-refractivity contribution in [3.05, 3.63) is 18.2 Å². The van der Waals surface area contributed by atoms with Gasteiger partial charge >= 0.3 is 15.6 Å². The Balaban J connectivity index is 2.97. The average Bonchev–Trinajstić information content (AvgIpc) is 2.48. The first kappa shape index (κ1) is 11.8. The summed E-state index contributed by atoms with van der Waals surface area (Å²) < 4.78 is 61.2. The Morgan fingerprint density at radius 1 is 1.53 bits per heavy atom. The fourth-order valence-electron chi connectivity index (χ4n) is 0.786. The topological polar surface area (TPSA) is 61.2 Å².